The summed E-state index contributed by atoms with van der Waals surface area (Å²) in [6.07, 6.45) is 0. The lowest BCUT2D eigenvalue weighted by Crippen LogP contribution is -2.00. The first kappa shape index (κ1) is 28.7. The van der Waals surface area contributed by atoms with Gasteiger partial charge in [-0.1, -0.05) is 133 Å². The van der Waals surface area contributed by atoms with E-state index in [-0.39, 0.29) is 0 Å². The maximum atomic E-state index is 6.80. The first-order chi connectivity index (χ1) is 25.8. The number of fused-ring (bicyclic) bond motifs is 8. The second kappa shape index (κ2) is 11.2. The van der Waals surface area contributed by atoms with Crippen LogP contribution in [-0.4, -0.2) is 19.5 Å². The number of rotatable bonds is 4. The monoisotopic (exact) mass is 664 g/mol. The first-order valence-electron chi connectivity index (χ1n) is 17.4. The van der Waals surface area contributed by atoms with Crippen molar-refractivity contribution in [2.24, 2.45) is 0 Å². The van der Waals surface area contributed by atoms with Crippen molar-refractivity contribution >= 4 is 65.3 Å². The second-order valence-electron chi connectivity index (χ2n) is 13.2. The molecule has 0 fully saturated rings. The van der Waals surface area contributed by atoms with Gasteiger partial charge in [0, 0.05) is 38.2 Å². The smallest absolute Gasteiger partial charge is 0.164 e. The van der Waals surface area contributed by atoms with Crippen LogP contribution in [0.3, 0.4) is 0 Å². The fraction of sp³-hybridized carbons (Fsp3) is 0. The van der Waals surface area contributed by atoms with Gasteiger partial charge in [0.1, 0.15) is 5.58 Å². The van der Waals surface area contributed by atoms with Crippen molar-refractivity contribution in [1.29, 1.82) is 0 Å². The Morgan fingerprint density at radius 3 is 1.56 bits per heavy atom. The van der Waals surface area contributed by atoms with Crippen molar-refractivity contribution < 1.29 is 4.42 Å². The molecule has 0 aliphatic carbocycles. The zero-order valence-corrected chi connectivity index (χ0v) is 27.9. The Bertz CT molecular complexity index is 3060. The van der Waals surface area contributed by atoms with Gasteiger partial charge in [-0.15, -0.1) is 0 Å². The predicted octanol–water partition coefficient (Wildman–Crippen LogP) is 12.2. The summed E-state index contributed by atoms with van der Waals surface area (Å²) < 4.78 is 9.11. The largest absolute Gasteiger partial charge is 0.454 e. The number of aromatic nitrogens is 4. The lowest BCUT2D eigenvalue weighted by atomic mass is 10.0. The minimum Gasteiger partial charge on any atom is -0.454 e. The molecule has 0 radical (unpaired) electrons. The number of nitrogens with zero attached hydrogens (tertiary/aromatic N) is 4. The Kier molecular flexibility index (Phi) is 6.18. The van der Waals surface area contributed by atoms with E-state index in [2.05, 4.69) is 162 Å². The number of hydrogen-bond donors (Lipinski definition) is 0. The molecule has 5 heteroatoms. The summed E-state index contributed by atoms with van der Waals surface area (Å²) in [5, 5.41) is 9.00. The van der Waals surface area contributed by atoms with Gasteiger partial charge in [-0.2, -0.15) is 0 Å². The van der Waals surface area contributed by atoms with Gasteiger partial charge in [-0.25, -0.2) is 15.0 Å². The molecule has 0 spiro atoms. The quantitative estimate of drug-likeness (QED) is 0.188. The van der Waals surface area contributed by atoms with Crippen LogP contribution in [0.1, 0.15) is 0 Å². The summed E-state index contributed by atoms with van der Waals surface area (Å²) in [5.74, 6) is 1.83. The van der Waals surface area contributed by atoms with E-state index in [1.54, 1.807) is 0 Å². The standard InChI is InChI=1S/C47H28N4O/c1-3-13-31-27-33(25-23-29(31)11-1)45-48-46(34-26-24-30-12-2-4-14-32(30)28-34)50-47(49-45)38-18-10-22-42-43(38)37-17-9-21-41(44(37)52-42)51-39-19-7-5-15-35(39)36-16-6-8-20-40(36)51/h1-28H. The normalized spacial score (nSPS) is 11.8. The van der Waals surface area contributed by atoms with E-state index >= 15 is 0 Å². The minimum absolute atomic E-state index is 0.594. The fourth-order valence-corrected chi connectivity index (χ4v) is 7.79. The van der Waals surface area contributed by atoms with Crippen LogP contribution in [0.5, 0.6) is 0 Å². The highest BCUT2D eigenvalue weighted by Gasteiger charge is 2.21. The van der Waals surface area contributed by atoms with E-state index in [0.29, 0.717) is 17.5 Å². The molecule has 0 saturated heterocycles. The highest BCUT2D eigenvalue weighted by Crippen LogP contribution is 2.41. The molecule has 8 aromatic carbocycles. The van der Waals surface area contributed by atoms with E-state index in [0.717, 1.165) is 66.1 Å². The van der Waals surface area contributed by atoms with Crippen molar-refractivity contribution in [2.75, 3.05) is 0 Å². The molecule has 11 aromatic rings. The molecule has 52 heavy (non-hydrogen) atoms. The van der Waals surface area contributed by atoms with Gasteiger partial charge in [0.15, 0.2) is 23.1 Å². The third kappa shape index (κ3) is 4.39. The van der Waals surface area contributed by atoms with Gasteiger partial charge in [0.25, 0.3) is 0 Å². The number of hydrogen-bond acceptors (Lipinski definition) is 4. The van der Waals surface area contributed by atoms with Crippen LogP contribution in [0.4, 0.5) is 0 Å². The molecule has 0 unspecified atom stereocenters. The Morgan fingerprint density at radius 2 is 0.923 bits per heavy atom. The molecule has 242 valence electrons. The topological polar surface area (TPSA) is 56.7 Å². The van der Waals surface area contributed by atoms with Gasteiger partial charge < -0.3 is 8.98 Å². The van der Waals surface area contributed by atoms with Crippen LogP contribution in [0.25, 0.3) is 105 Å². The van der Waals surface area contributed by atoms with E-state index in [4.69, 9.17) is 19.4 Å². The van der Waals surface area contributed by atoms with Crippen LogP contribution in [-0.2, 0) is 0 Å². The lowest BCUT2D eigenvalue weighted by Gasteiger charge is -2.10. The van der Waals surface area contributed by atoms with E-state index in [1.165, 1.54) is 21.5 Å². The molecule has 0 atom stereocenters. The summed E-state index contributed by atoms with van der Waals surface area (Å²) in [7, 11) is 0. The molecule has 0 saturated carbocycles. The van der Waals surface area contributed by atoms with Crippen LogP contribution < -0.4 is 0 Å². The van der Waals surface area contributed by atoms with Crippen LogP contribution in [0.15, 0.2) is 174 Å². The molecule has 0 bridgehead atoms. The maximum absolute atomic E-state index is 6.80. The Labute approximate surface area is 298 Å². The van der Waals surface area contributed by atoms with Crippen LogP contribution >= 0.6 is 0 Å². The van der Waals surface area contributed by atoms with Gasteiger partial charge in [-0.3, -0.25) is 0 Å². The van der Waals surface area contributed by atoms with Crippen molar-refractivity contribution in [2.45, 2.75) is 0 Å². The number of furan rings is 1. The van der Waals surface area contributed by atoms with Crippen LogP contribution in [0.2, 0.25) is 0 Å². The molecular weight excluding hydrogens is 637 g/mol. The van der Waals surface area contributed by atoms with E-state index in [9.17, 15) is 0 Å². The first-order valence-corrected chi connectivity index (χ1v) is 17.4. The summed E-state index contributed by atoms with van der Waals surface area (Å²) in [5.41, 5.74) is 7.60. The highest BCUT2D eigenvalue weighted by molar-refractivity contribution is 6.15. The van der Waals surface area contributed by atoms with E-state index < -0.39 is 0 Å². The van der Waals surface area contributed by atoms with E-state index in [1.807, 2.05) is 12.1 Å². The highest BCUT2D eigenvalue weighted by atomic mass is 16.3. The summed E-state index contributed by atoms with van der Waals surface area (Å²) in [4.78, 5) is 15.5. The average molecular weight is 665 g/mol. The van der Waals surface area contributed by atoms with Gasteiger partial charge in [0.2, 0.25) is 0 Å². The number of benzene rings is 8. The van der Waals surface area contributed by atoms with Gasteiger partial charge >= 0.3 is 0 Å². The zero-order valence-electron chi connectivity index (χ0n) is 27.9. The third-order valence-corrected chi connectivity index (χ3v) is 10.2. The summed E-state index contributed by atoms with van der Waals surface area (Å²) >= 11 is 0. The fourth-order valence-electron chi connectivity index (χ4n) is 7.79. The van der Waals surface area contributed by atoms with Gasteiger partial charge in [0.05, 0.1) is 16.7 Å². The predicted molar refractivity (Wildman–Crippen MR) is 213 cm³/mol. The Balaban J connectivity index is 1.17. The molecule has 0 aliphatic rings. The summed E-state index contributed by atoms with van der Waals surface area (Å²) in [6.45, 7) is 0. The maximum Gasteiger partial charge on any atom is 0.164 e. The molecule has 3 heterocycles. The Morgan fingerprint density at radius 1 is 0.404 bits per heavy atom. The summed E-state index contributed by atoms with van der Waals surface area (Å²) in [6, 6.07) is 59.1. The van der Waals surface area contributed by atoms with Crippen molar-refractivity contribution in [3.05, 3.63) is 170 Å². The number of para-hydroxylation sites is 3. The third-order valence-electron chi connectivity index (χ3n) is 10.2. The molecular formula is C47H28N4O. The van der Waals surface area contributed by atoms with Crippen molar-refractivity contribution in [3.8, 4) is 39.9 Å². The van der Waals surface area contributed by atoms with Crippen molar-refractivity contribution in [1.82, 2.24) is 19.5 Å². The molecule has 11 rings (SSSR count). The van der Waals surface area contributed by atoms with Crippen molar-refractivity contribution in [3.63, 3.8) is 0 Å². The molecule has 0 aliphatic heterocycles. The average Bonchev–Trinajstić information content (AvgIpc) is 3.76. The Hall–Kier alpha value is -7.11. The SMILES string of the molecule is c1ccc2cc(-c3nc(-c4ccc5ccccc5c4)nc(-c4cccc5oc6c(-n7c8ccccc8c8ccccc87)cccc6c45)n3)ccc2c1. The molecule has 0 N–H and O–H groups in total. The van der Waals surface area contributed by atoms with Gasteiger partial charge in [-0.05, 0) is 57.9 Å². The molecule has 3 aromatic heterocycles. The van der Waals surface area contributed by atoms with Crippen LogP contribution in [0, 0.1) is 0 Å². The second-order valence-corrected chi connectivity index (χ2v) is 13.2. The lowest BCUT2D eigenvalue weighted by molar-refractivity contribution is 0.666. The minimum atomic E-state index is 0.594. The molecule has 0 amide bonds. The molecule has 5 nitrogen and oxygen atoms in total. The zero-order chi connectivity index (χ0) is 34.2.